The van der Waals surface area contributed by atoms with Gasteiger partial charge in [0.1, 0.15) is 11.6 Å². The molecule has 67 heavy (non-hydrogen) atoms. The zero-order valence-electron chi connectivity index (χ0n) is 42.3. The summed E-state index contributed by atoms with van der Waals surface area (Å²) in [6.07, 6.45) is 1.93. The fraction of sp³-hybridized carbons (Fsp3) is 0.311. The molecule has 6 aromatic carbocycles. The Morgan fingerprint density at radius 2 is 1.12 bits per heavy atom. The maximum Gasteiger partial charge on any atom is 0.148 e. The molecule has 8 rings (SSSR count). The molecule has 0 atom stereocenters. The van der Waals surface area contributed by atoms with Gasteiger partial charge in [-0.1, -0.05) is 204 Å². The van der Waals surface area contributed by atoms with Crippen molar-refractivity contribution in [1.82, 2.24) is 14.5 Å². The number of phenolic OH excluding ortho intramolecular Hbond substituents is 1. The fourth-order valence-corrected chi connectivity index (χ4v) is 9.99. The molecular weight excluding hydrogens is 1010 g/mol. The Hall–Kier alpha value is -5.35. The van der Waals surface area contributed by atoms with Crippen molar-refractivity contribution in [3.63, 3.8) is 0 Å². The van der Waals surface area contributed by atoms with E-state index in [0.717, 1.165) is 66.9 Å². The van der Waals surface area contributed by atoms with Gasteiger partial charge in [-0.3, -0.25) is 9.55 Å². The molecule has 0 aliphatic rings. The Balaban J connectivity index is 0.00000666. The van der Waals surface area contributed by atoms with Crippen molar-refractivity contribution in [1.29, 1.82) is 0 Å². The van der Waals surface area contributed by atoms with Gasteiger partial charge < -0.3 is 5.11 Å². The summed E-state index contributed by atoms with van der Waals surface area (Å²) in [5.74, 6) is 0.945. The molecule has 0 spiro atoms. The molecule has 0 aliphatic carbocycles. The van der Waals surface area contributed by atoms with Gasteiger partial charge in [-0.05, 0) is 79.8 Å². The predicted molar refractivity (Wildman–Crippen MR) is 284 cm³/mol. The van der Waals surface area contributed by atoms with E-state index in [4.69, 9.17) is 9.97 Å². The van der Waals surface area contributed by atoms with Gasteiger partial charge in [-0.2, -0.15) is 0 Å². The molecule has 2 heterocycles. The third-order valence-electron chi connectivity index (χ3n) is 13.0. The SMILES string of the molecule is CC(C)(C)c1cc(-c2cc(-c3cccc([Si](C)(C)C)c3)ccn2)[c-]c(-c2cccc3c2nc(-c2cc(C(C)(C)C)cc(C(C)(C)C)c2O)n3-c2ccc(C(C)(C)C)cc2-c2ccccc2)c1.[Pt]. The predicted octanol–water partition coefficient (Wildman–Crippen LogP) is 16.0. The number of phenols is 1. The van der Waals surface area contributed by atoms with Crippen molar-refractivity contribution in [3.8, 4) is 67.5 Å². The minimum Gasteiger partial charge on any atom is -0.507 e. The number of hydrogen-bond donors (Lipinski definition) is 1. The Morgan fingerprint density at radius 3 is 1.76 bits per heavy atom. The second kappa shape index (κ2) is 17.9. The van der Waals surface area contributed by atoms with E-state index in [2.05, 4.69) is 241 Å². The number of fused-ring (bicyclic) bond motifs is 1. The molecule has 0 saturated carbocycles. The van der Waals surface area contributed by atoms with Crippen LogP contribution in [0.2, 0.25) is 19.6 Å². The Kier molecular flexibility index (Phi) is 13.3. The van der Waals surface area contributed by atoms with Crippen molar-refractivity contribution in [2.45, 2.75) is 124 Å². The van der Waals surface area contributed by atoms with Crippen LogP contribution in [0.5, 0.6) is 5.75 Å². The second-order valence-electron chi connectivity index (χ2n) is 23.4. The van der Waals surface area contributed by atoms with E-state index in [0.29, 0.717) is 11.4 Å². The maximum atomic E-state index is 12.6. The van der Waals surface area contributed by atoms with Crippen molar-refractivity contribution < 1.29 is 26.2 Å². The zero-order valence-corrected chi connectivity index (χ0v) is 45.6. The first kappa shape index (κ1) is 49.5. The van der Waals surface area contributed by atoms with Gasteiger partial charge in [-0.25, -0.2) is 4.98 Å². The van der Waals surface area contributed by atoms with Crippen LogP contribution in [0.25, 0.3) is 72.7 Å². The van der Waals surface area contributed by atoms with Gasteiger partial charge in [0.05, 0.1) is 30.4 Å². The summed E-state index contributed by atoms with van der Waals surface area (Å²) in [4.78, 5) is 10.7. The molecule has 0 unspecified atom stereocenters. The molecule has 0 saturated heterocycles. The number of para-hydroxylation sites is 1. The summed E-state index contributed by atoms with van der Waals surface area (Å²) < 4.78 is 2.29. The molecule has 4 nitrogen and oxygen atoms in total. The molecular formula is C61H68N3OPtSi-. The van der Waals surface area contributed by atoms with Gasteiger partial charge in [0.15, 0.2) is 0 Å². The molecule has 6 heteroatoms. The van der Waals surface area contributed by atoms with E-state index < -0.39 is 8.07 Å². The van der Waals surface area contributed by atoms with Crippen LogP contribution in [0.15, 0.2) is 134 Å². The molecule has 0 amide bonds. The van der Waals surface area contributed by atoms with Crippen LogP contribution in [-0.2, 0) is 42.7 Å². The monoisotopic (exact) mass is 1080 g/mol. The van der Waals surface area contributed by atoms with Crippen molar-refractivity contribution >= 4 is 24.3 Å². The van der Waals surface area contributed by atoms with Gasteiger partial charge in [0, 0.05) is 44.1 Å². The van der Waals surface area contributed by atoms with Crippen LogP contribution < -0.4 is 5.19 Å². The summed E-state index contributed by atoms with van der Waals surface area (Å²) in [7, 11) is -1.52. The minimum absolute atomic E-state index is 0. The first-order valence-corrected chi connectivity index (χ1v) is 27.0. The fourth-order valence-electron chi connectivity index (χ4n) is 8.81. The Labute approximate surface area is 416 Å². The topological polar surface area (TPSA) is 50.9 Å². The molecule has 0 bridgehead atoms. The number of nitrogens with zero attached hydrogens (tertiary/aromatic N) is 3. The van der Waals surface area contributed by atoms with Gasteiger partial charge >= 0.3 is 0 Å². The van der Waals surface area contributed by atoms with Crippen LogP contribution in [0, 0.1) is 6.07 Å². The molecule has 2 aromatic heterocycles. The summed E-state index contributed by atoms with van der Waals surface area (Å²) in [5.41, 5.74) is 15.5. The standard InChI is InChI=1S/C61H68N3OSi.Pt/c1-58(2,3)44-27-28-53(49(36-44)39-21-17-16-18-22-39)64-54-26-20-25-48(55(54)63-57(64)50-37-46(60(7,8)9)38-51(56(50)65)61(10,11)12)42-31-43(33-45(32-42)59(4,5)6)52-35-41(29-30-62-52)40-23-19-24-47(34-40)66(13,14)15;/h16-30,32-38,65H,1-15H3;/q-1;. The van der Waals surface area contributed by atoms with E-state index in [1.807, 2.05) is 6.20 Å². The van der Waals surface area contributed by atoms with Crippen LogP contribution in [0.4, 0.5) is 0 Å². The number of rotatable bonds is 7. The first-order valence-electron chi connectivity index (χ1n) is 23.5. The first-order chi connectivity index (χ1) is 30.8. The smallest absolute Gasteiger partial charge is 0.148 e. The van der Waals surface area contributed by atoms with Gasteiger partial charge in [0.25, 0.3) is 0 Å². The Morgan fingerprint density at radius 1 is 0.522 bits per heavy atom. The molecule has 8 aromatic rings. The molecule has 348 valence electrons. The molecule has 0 aliphatic heterocycles. The number of aromatic hydroxyl groups is 1. The molecule has 0 radical (unpaired) electrons. The van der Waals surface area contributed by atoms with Gasteiger partial charge in [-0.15, -0.1) is 29.3 Å². The minimum atomic E-state index is -1.52. The molecule has 1 N–H and O–H groups in total. The average molecular weight is 1080 g/mol. The number of aromatic nitrogens is 3. The normalized spacial score (nSPS) is 12.6. The average Bonchev–Trinajstić information content (AvgIpc) is 3.64. The van der Waals surface area contributed by atoms with E-state index in [1.54, 1.807) is 0 Å². The van der Waals surface area contributed by atoms with E-state index in [1.165, 1.54) is 21.9 Å². The van der Waals surface area contributed by atoms with E-state index >= 15 is 0 Å². The largest absolute Gasteiger partial charge is 0.507 e. The molecule has 0 fully saturated rings. The van der Waals surface area contributed by atoms with Gasteiger partial charge in [0.2, 0.25) is 0 Å². The Bertz CT molecular complexity index is 3110. The number of imidazole rings is 1. The number of pyridine rings is 1. The zero-order chi connectivity index (χ0) is 47.7. The van der Waals surface area contributed by atoms with Crippen molar-refractivity contribution in [2.75, 3.05) is 0 Å². The van der Waals surface area contributed by atoms with E-state index in [-0.39, 0.29) is 48.5 Å². The maximum absolute atomic E-state index is 12.6. The van der Waals surface area contributed by atoms with Crippen LogP contribution in [0.3, 0.4) is 0 Å². The van der Waals surface area contributed by atoms with Crippen LogP contribution in [-0.4, -0.2) is 27.7 Å². The number of hydrogen-bond acceptors (Lipinski definition) is 3. The second-order valence-corrected chi connectivity index (χ2v) is 28.5. The summed E-state index contributed by atoms with van der Waals surface area (Å²) >= 11 is 0. The quantitative estimate of drug-likeness (QED) is 0.128. The number of benzene rings is 6. The van der Waals surface area contributed by atoms with E-state index in [9.17, 15) is 5.11 Å². The van der Waals surface area contributed by atoms with Crippen LogP contribution in [0.1, 0.15) is 105 Å². The summed E-state index contributed by atoms with van der Waals surface area (Å²) in [6, 6.07) is 50.1. The summed E-state index contributed by atoms with van der Waals surface area (Å²) in [5, 5.41) is 14.0. The third kappa shape index (κ3) is 10.1. The van der Waals surface area contributed by atoms with Crippen LogP contribution >= 0.6 is 0 Å². The van der Waals surface area contributed by atoms with Crippen molar-refractivity contribution in [2.24, 2.45) is 0 Å². The third-order valence-corrected chi connectivity index (χ3v) is 15.1. The summed E-state index contributed by atoms with van der Waals surface area (Å²) in [6.45, 7) is 34.0. The van der Waals surface area contributed by atoms with Crippen molar-refractivity contribution in [3.05, 3.63) is 162 Å².